The lowest BCUT2D eigenvalue weighted by molar-refractivity contribution is -0.121. The standard InChI is InChI=1S/C24H20FN5O3S/c25-18-3-1-4-19-22(18)27-24(34-19)29(13-2-12-28-14-11-26-15-28)23(33)16-5-7-17(8-6-16)30-20(31)9-10-21(30)32/h1,3-8,11,14-15H,2,9-10,12-13H2. The fourth-order valence-corrected chi connectivity index (χ4v) is 4.91. The molecule has 0 aliphatic carbocycles. The van der Waals surface area contributed by atoms with Crippen molar-refractivity contribution in [1.82, 2.24) is 14.5 Å². The SMILES string of the molecule is O=C(c1ccc(N2C(=O)CCC2=O)cc1)N(CCCn1ccnc1)c1nc2c(F)cccc2s1. The topological polar surface area (TPSA) is 88.4 Å². The zero-order valence-corrected chi connectivity index (χ0v) is 18.9. The van der Waals surface area contributed by atoms with Crippen molar-refractivity contribution < 1.29 is 18.8 Å². The third kappa shape index (κ3) is 4.19. The highest BCUT2D eigenvalue weighted by molar-refractivity contribution is 7.22. The highest BCUT2D eigenvalue weighted by atomic mass is 32.1. The Labute approximate surface area is 198 Å². The summed E-state index contributed by atoms with van der Waals surface area (Å²) in [5, 5.41) is 0.407. The lowest BCUT2D eigenvalue weighted by Gasteiger charge is -2.21. The van der Waals surface area contributed by atoms with Crippen LogP contribution in [0.2, 0.25) is 0 Å². The molecular weight excluding hydrogens is 457 g/mol. The maximum absolute atomic E-state index is 14.3. The number of imidazole rings is 1. The number of anilines is 2. The Bertz CT molecular complexity index is 1350. The van der Waals surface area contributed by atoms with E-state index in [0.717, 1.165) is 4.90 Å². The number of hydrogen-bond acceptors (Lipinski definition) is 6. The Hall–Kier alpha value is -3.92. The van der Waals surface area contributed by atoms with Crippen molar-refractivity contribution in [1.29, 1.82) is 0 Å². The van der Waals surface area contributed by atoms with Crippen molar-refractivity contribution in [2.45, 2.75) is 25.8 Å². The summed E-state index contributed by atoms with van der Waals surface area (Å²) >= 11 is 1.25. The molecule has 0 spiro atoms. The van der Waals surface area contributed by atoms with Crippen molar-refractivity contribution in [3.8, 4) is 0 Å². The number of aryl methyl sites for hydroxylation is 1. The molecule has 8 nitrogen and oxygen atoms in total. The van der Waals surface area contributed by atoms with Gasteiger partial charge in [-0.3, -0.25) is 24.2 Å². The number of thiazole rings is 1. The van der Waals surface area contributed by atoms with Crippen molar-refractivity contribution in [2.24, 2.45) is 0 Å². The Balaban J connectivity index is 1.42. The molecule has 1 aliphatic rings. The average molecular weight is 478 g/mol. The molecule has 3 heterocycles. The van der Waals surface area contributed by atoms with Crippen LogP contribution in [-0.2, 0) is 16.1 Å². The lowest BCUT2D eigenvalue weighted by Crippen LogP contribution is -2.32. The van der Waals surface area contributed by atoms with E-state index >= 15 is 0 Å². The number of carbonyl (C=O) groups excluding carboxylic acids is 3. The molecule has 4 aromatic rings. The largest absolute Gasteiger partial charge is 0.337 e. The molecule has 0 saturated carbocycles. The third-order valence-corrected chi connectivity index (χ3v) is 6.66. The maximum Gasteiger partial charge on any atom is 0.260 e. The molecule has 0 atom stereocenters. The van der Waals surface area contributed by atoms with Crippen LogP contribution in [0.1, 0.15) is 29.6 Å². The third-order valence-electron chi connectivity index (χ3n) is 5.62. The van der Waals surface area contributed by atoms with E-state index in [2.05, 4.69) is 9.97 Å². The Morgan fingerprint density at radius 3 is 2.53 bits per heavy atom. The predicted octanol–water partition coefficient (Wildman–Crippen LogP) is 4.02. The molecule has 1 fully saturated rings. The van der Waals surface area contributed by atoms with Crippen LogP contribution in [-0.4, -0.2) is 38.8 Å². The molecule has 0 radical (unpaired) electrons. The number of nitrogens with zero attached hydrogens (tertiary/aromatic N) is 5. The molecule has 34 heavy (non-hydrogen) atoms. The van der Waals surface area contributed by atoms with Gasteiger partial charge in [-0.1, -0.05) is 17.4 Å². The minimum Gasteiger partial charge on any atom is -0.337 e. The number of halogens is 1. The van der Waals surface area contributed by atoms with E-state index in [4.69, 9.17) is 0 Å². The Morgan fingerprint density at radius 1 is 1.09 bits per heavy atom. The summed E-state index contributed by atoms with van der Waals surface area (Å²) < 4.78 is 16.8. The smallest absolute Gasteiger partial charge is 0.260 e. The molecule has 0 bridgehead atoms. The molecule has 10 heteroatoms. The fraction of sp³-hybridized carbons (Fsp3) is 0.208. The number of amides is 3. The van der Waals surface area contributed by atoms with Crippen LogP contribution in [0.5, 0.6) is 0 Å². The van der Waals surface area contributed by atoms with Gasteiger partial charge < -0.3 is 4.57 Å². The molecule has 0 N–H and O–H groups in total. The zero-order valence-electron chi connectivity index (χ0n) is 18.1. The monoisotopic (exact) mass is 477 g/mol. The number of rotatable bonds is 7. The number of para-hydroxylation sites is 1. The molecule has 1 aliphatic heterocycles. The van der Waals surface area contributed by atoms with Gasteiger partial charge in [0.1, 0.15) is 11.3 Å². The van der Waals surface area contributed by atoms with E-state index in [-0.39, 0.29) is 36.1 Å². The normalized spacial score (nSPS) is 13.7. The number of fused-ring (bicyclic) bond motifs is 1. The average Bonchev–Trinajstić information content (AvgIpc) is 3.58. The summed E-state index contributed by atoms with van der Waals surface area (Å²) in [6.07, 6.45) is 6.26. The number of aromatic nitrogens is 3. The Morgan fingerprint density at radius 2 is 1.85 bits per heavy atom. The summed E-state index contributed by atoms with van der Waals surface area (Å²) in [6, 6.07) is 11.1. The molecule has 0 unspecified atom stereocenters. The fourth-order valence-electron chi connectivity index (χ4n) is 3.91. The molecule has 172 valence electrons. The van der Waals surface area contributed by atoms with Crippen molar-refractivity contribution in [3.05, 3.63) is 72.6 Å². The maximum atomic E-state index is 14.3. The van der Waals surface area contributed by atoms with E-state index in [1.54, 1.807) is 53.8 Å². The van der Waals surface area contributed by atoms with Crippen LogP contribution in [0.3, 0.4) is 0 Å². The summed E-state index contributed by atoms with van der Waals surface area (Å²) in [5.41, 5.74) is 1.05. The van der Waals surface area contributed by atoms with Gasteiger partial charge in [0.25, 0.3) is 5.91 Å². The zero-order chi connectivity index (χ0) is 23.7. The number of imide groups is 1. The van der Waals surface area contributed by atoms with Crippen LogP contribution < -0.4 is 9.80 Å². The quantitative estimate of drug-likeness (QED) is 0.375. The summed E-state index contributed by atoms with van der Waals surface area (Å²) in [4.78, 5) is 48.6. The van der Waals surface area contributed by atoms with Gasteiger partial charge in [0, 0.05) is 43.9 Å². The molecule has 2 aromatic heterocycles. The van der Waals surface area contributed by atoms with Gasteiger partial charge in [-0.25, -0.2) is 14.4 Å². The van der Waals surface area contributed by atoms with Crippen LogP contribution in [0.15, 0.2) is 61.2 Å². The number of carbonyl (C=O) groups is 3. The summed E-state index contributed by atoms with van der Waals surface area (Å²) in [5.74, 6) is -1.23. The predicted molar refractivity (Wildman–Crippen MR) is 126 cm³/mol. The van der Waals surface area contributed by atoms with Crippen molar-refractivity contribution in [3.63, 3.8) is 0 Å². The van der Waals surface area contributed by atoms with E-state index in [9.17, 15) is 18.8 Å². The lowest BCUT2D eigenvalue weighted by atomic mass is 10.1. The first-order valence-electron chi connectivity index (χ1n) is 10.8. The van der Waals surface area contributed by atoms with E-state index in [0.29, 0.717) is 40.6 Å². The van der Waals surface area contributed by atoms with Crippen LogP contribution in [0.4, 0.5) is 15.2 Å². The van der Waals surface area contributed by atoms with Gasteiger partial charge >= 0.3 is 0 Å². The molecule has 1 saturated heterocycles. The number of hydrogen-bond donors (Lipinski definition) is 0. The van der Waals surface area contributed by atoms with Gasteiger partial charge in [-0.15, -0.1) is 0 Å². The van der Waals surface area contributed by atoms with Crippen molar-refractivity contribution >= 4 is 50.1 Å². The first-order valence-corrected chi connectivity index (χ1v) is 11.6. The van der Waals surface area contributed by atoms with Gasteiger partial charge in [0.05, 0.1) is 16.7 Å². The van der Waals surface area contributed by atoms with E-state index in [1.807, 2.05) is 10.8 Å². The highest BCUT2D eigenvalue weighted by Gasteiger charge is 2.30. The molecule has 5 rings (SSSR count). The second-order valence-corrected chi connectivity index (χ2v) is 8.87. The van der Waals surface area contributed by atoms with Gasteiger partial charge in [-0.05, 0) is 42.8 Å². The second-order valence-electron chi connectivity index (χ2n) is 7.86. The first kappa shape index (κ1) is 21.9. The number of benzene rings is 2. The van der Waals surface area contributed by atoms with Gasteiger partial charge in [-0.2, -0.15) is 0 Å². The summed E-state index contributed by atoms with van der Waals surface area (Å²) in [7, 11) is 0. The minimum atomic E-state index is -0.435. The van der Waals surface area contributed by atoms with Crippen LogP contribution in [0.25, 0.3) is 10.2 Å². The highest BCUT2D eigenvalue weighted by Crippen LogP contribution is 2.32. The van der Waals surface area contributed by atoms with Crippen molar-refractivity contribution in [2.75, 3.05) is 16.3 Å². The summed E-state index contributed by atoms with van der Waals surface area (Å²) in [6.45, 7) is 1.02. The van der Waals surface area contributed by atoms with Gasteiger partial charge in [0.2, 0.25) is 11.8 Å². The molecular formula is C24H20FN5O3S. The minimum absolute atomic E-state index is 0.193. The van der Waals surface area contributed by atoms with Crippen LogP contribution >= 0.6 is 11.3 Å². The van der Waals surface area contributed by atoms with Gasteiger partial charge in [0.15, 0.2) is 5.13 Å². The Kier molecular flexibility index (Phi) is 5.89. The molecule has 2 aromatic carbocycles. The second kappa shape index (κ2) is 9.14. The van der Waals surface area contributed by atoms with E-state index in [1.165, 1.54) is 17.4 Å². The van der Waals surface area contributed by atoms with E-state index < -0.39 is 5.82 Å². The first-order chi connectivity index (χ1) is 16.5. The molecule has 3 amide bonds. The van der Waals surface area contributed by atoms with Crippen LogP contribution in [0, 0.1) is 5.82 Å².